The highest BCUT2D eigenvalue weighted by molar-refractivity contribution is 6.22. The second-order valence-corrected chi connectivity index (χ2v) is 16.0. The third-order valence-corrected chi connectivity index (χ3v) is 12.6. The van der Waals surface area contributed by atoms with E-state index in [1.807, 2.05) is 0 Å². The maximum Gasteiger partial charge on any atom is 0.136 e. The lowest BCUT2D eigenvalue weighted by atomic mass is 9.81. The van der Waals surface area contributed by atoms with Crippen LogP contribution in [0.25, 0.3) is 110 Å². The molecule has 1 aromatic heterocycles. The number of hydrogen-bond acceptors (Lipinski definition) is 1. The Balaban J connectivity index is 0.969. The van der Waals surface area contributed by atoms with E-state index in [0.717, 1.165) is 11.2 Å². The summed E-state index contributed by atoms with van der Waals surface area (Å²) >= 11 is 0. The number of fused-ring (bicyclic) bond motifs is 11. The van der Waals surface area contributed by atoms with E-state index in [1.165, 1.54) is 109 Å². The molecule has 1 nitrogen and oxygen atoms in total. The third-order valence-electron chi connectivity index (χ3n) is 12.6. The molecular formula is C55H36O. The van der Waals surface area contributed by atoms with Gasteiger partial charge in [-0.2, -0.15) is 0 Å². The fourth-order valence-corrected chi connectivity index (χ4v) is 9.88. The number of furan rings is 1. The summed E-state index contributed by atoms with van der Waals surface area (Å²) in [6.45, 7) is 4.71. The molecule has 0 N–H and O–H groups in total. The van der Waals surface area contributed by atoms with Crippen LogP contribution in [0.15, 0.2) is 186 Å². The van der Waals surface area contributed by atoms with Crippen molar-refractivity contribution in [1.29, 1.82) is 0 Å². The molecule has 11 aromatic rings. The van der Waals surface area contributed by atoms with Crippen molar-refractivity contribution in [2.45, 2.75) is 19.3 Å². The molecule has 1 heteroatoms. The van der Waals surface area contributed by atoms with Gasteiger partial charge in [0.2, 0.25) is 0 Å². The van der Waals surface area contributed by atoms with E-state index in [0.29, 0.717) is 0 Å². The van der Waals surface area contributed by atoms with E-state index in [2.05, 4.69) is 196 Å². The van der Waals surface area contributed by atoms with Crippen LogP contribution in [-0.4, -0.2) is 0 Å². The Kier molecular flexibility index (Phi) is 6.46. The molecule has 0 unspecified atom stereocenters. The van der Waals surface area contributed by atoms with Gasteiger partial charge >= 0.3 is 0 Å². The van der Waals surface area contributed by atoms with Crippen molar-refractivity contribution in [3.8, 4) is 44.5 Å². The topological polar surface area (TPSA) is 13.1 Å². The first-order valence-electron chi connectivity index (χ1n) is 19.6. The number of rotatable bonds is 3. The largest absolute Gasteiger partial charge is 0.456 e. The van der Waals surface area contributed by atoms with E-state index >= 15 is 0 Å². The molecule has 10 aromatic carbocycles. The first-order chi connectivity index (χ1) is 27.5. The predicted molar refractivity (Wildman–Crippen MR) is 238 cm³/mol. The molecule has 0 radical (unpaired) electrons. The zero-order chi connectivity index (χ0) is 37.1. The maximum atomic E-state index is 6.52. The summed E-state index contributed by atoms with van der Waals surface area (Å²) in [4.78, 5) is 0. The molecule has 1 heterocycles. The van der Waals surface area contributed by atoms with Crippen molar-refractivity contribution in [3.05, 3.63) is 193 Å². The highest BCUT2D eigenvalue weighted by Crippen LogP contribution is 2.52. The molecule has 56 heavy (non-hydrogen) atoms. The third kappa shape index (κ3) is 4.43. The van der Waals surface area contributed by atoms with Crippen molar-refractivity contribution >= 4 is 65.0 Å². The molecule has 0 fully saturated rings. The van der Waals surface area contributed by atoms with Crippen LogP contribution in [0, 0.1) is 0 Å². The Morgan fingerprint density at radius 3 is 1.59 bits per heavy atom. The molecule has 0 bridgehead atoms. The van der Waals surface area contributed by atoms with Crippen LogP contribution >= 0.6 is 0 Å². The normalized spacial score (nSPS) is 13.3. The molecule has 0 saturated heterocycles. The van der Waals surface area contributed by atoms with Gasteiger partial charge in [0.15, 0.2) is 0 Å². The van der Waals surface area contributed by atoms with Gasteiger partial charge in [-0.05, 0) is 129 Å². The molecule has 0 amide bonds. The summed E-state index contributed by atoms with van der Waals surface area (Å²) in [6.07, 6.45) is 0. The van der Waals surface area contributed by atoms with Gasteiger partial charge in [-0.1, -0.05) is 166 Å². The second-order valence-electron chi connectivity index (χ2n) is 16.0. The summed E-state index contributed by atoms with van der Waals surface area (Å²) in [5.41, 5.74) is 14.5. The Labute approximate surface area is 325 Å². The fraction of sp³-hybridized carbons (Fsp3) is 0.0545. The first kappa shape index (κ1) is 31.4. The summed E-state index contributed by atoms with van der Waals surface area (Å²) in [7, 11) is 0. The lowest BCUT2D eigenvalue weighted by molar-refractivity contribution is 0.647. The van der Waals surface area contributed by atoms with Gasteiger partial charge in [-0.25, -0.2) is 0 Å². The van der Waals surface area contributed by atoms with Crippen molar-refractivity contribution in [3.63, 3.8) is 0 Å². The molecule has 262 valence electrons. The average Bonchev–Trinajstić information content (AvgIpc) is 3.73. The van der Waals surface area contributed by atoms with Gasteiger partial charge in [0, 0.05) is 16.2 Å². The van der Waals surface area contributed by atoms with E-state index < -0.39 is 0 Å². The van der Waals surface area contributed by atoms with Crippen LogP contribution in [0.4, 0.5) is 0 Å². The van der Waals surface area contributed by atoms with Crippen molar-refractivity contribution in [2.75, 3.05) is 0 Å². The van der Waals surface area contributed by atoms with Crippen LogP contribution in [-0.2, 0) is 5.41 Å². The summed E-state index contributed by atoms with van der Waals surface area (Å²) < 4.78 is 6.52. The van der Waals surface area contributed by atoms with E-state index in [1.54, 1.807) is 0 Å². The lowest BCUT2D eigenvalue weighted by Crippen LogP contribution is -2.15. The predicted octanol–water partition coefficient (Wildman–Crippen LogP) is 15.5. The van der Waals surface area contributed by atoms with E-state index in [-0.39, 0.29) is 5.41 Å². The van der Waals surface area contributed by atoms with Gasteiger partial charge in [-0.3, -0.25) is 0 Å². The van der Waals surface area contributed by atoms with Gasteiger partial charge in [0.05, 0.1) is 0 Å². The van der Waals surface area contributed by atoms with Gasteiger partial charge in [0.25, 0.3) is 0 Å². The minimum Gasteiger partial charge on any atom is -0.456 e. The first-order valence-corrected chi connectivity index (χ1v) is 19.6. The fourth-order valence-electron chi connectivity index (χ4n) is 9.88. The molecule has 0 aliphatic heterocycles. The minimum absolute atomic E-state index is 0.166. The smallest absolute Gasteiger partial charge is 0.136 e. The molecule has 0 spiro atoms. The standard InChI is InChI=1S/C55H36O/c1-55(2)48-30-38(25-27-41(48)46-31-47-51(32-49(46)55)56-50-28-26-35-12-5-6-14-40(35)54(47)50)34-19-22-36(23-20-34)52-42-15-7-9-17-44(42)53(45-18-10-8-16-43(45)52)39-24-21-33-11-3-4-13-37(33)29-39/h3-32H,1-2H3. The Hall–Kier alpha value is -6.96. The van der Waals surface area contributed by atoms with Crippen LogP contribution in [0.3, 0.4) is 0 Å². The van der Waals surface area contributed by atoms with Crippen LogP contribution in [0.5, 0.6) is 0 Å². The Morgan fingerprint density at radius 1 is 0.339 bits per heavy atom. The van der Waals surface area contributed by atoms with Crippen molar-refractivity contribution in [2.24, 2.45) is 0 Å². The van der Waals surface area contributed by atoms with E-state index in [4.69, 9.17) is 4.42 Å². The summed E-state index contributed by atoms with van der Waals surface area (Å²) in [5.74, 6) is 0. The van der Waals surface area contributed by atoms with Crippen LogP contribution in [0.2, 0.25) is 0 Å². The van der Waals surface area contributed by atoms with Gasteiger partial charge in [-0.15, -0.1) is 0 Å². The van der Waals surface area contributed by atoms with Crippen molar-refractivity contribution < 1.29 is 4.42 Å². The van der Waals surface area contributed by atoms with Crippen LogP contribution in [0.1, 0.15) is 25.0 Å². The maximum absolute atomic E-state index is 6.52. The molecule has 0 saturated carbocycles. The summed E-state index contributed by atoms with van der Waals surface area (Å²) in [6, 6.07) is 67.2. The quantitative estimate of drug-likeness (QED) is 0.166. The Bertz CT molecular complexity index is 3370. The van der Waals surface area contributed by atoms with Gasteiger partial charge in [0.1, 0.15) is 11.2 Å². The average molecular weight is 713 g/mol. The second kappa shape index (κ2) is 11.5. The number of hydrogen-bond donors (Lipinski definition) is 0. The van der Waals surface area contributed by atoms with E-state index in [9.17, 15) is 0 Å². The van der Waals surface area contributed by atoms with Crippen molar-refractivity contribution in [1.82, 2.24) is 0 Å². The zero-order valence-corrected chi connectivity index (χ0v) is 31.2. The lowest BCUT2D eigenvalue weighted by Gasteiger charge is -2.22. The highest BCUT2D eigenvalue weighted by atomic mass is 16.3. The molecule has 1 aliphatic rings. The minimum atomic E-state index is -0.166. The molecule has 1 aliphatic carbocycles. The number of benzene rings is 10. The SMILES string of the molecule is CC1(C)c2cc(-c3ccc(-c4c5ccccc5c(-c5ccc6ccccc6c5)c5ccccc45)cc3)ccc2-c2cc3c(cc21)oc1ccc2ccccc2c13. The molecule has 12 rings (SSSR count). The molecular weight excluding hydrogens is 677 g/mol. The Morgan fingerprint density at radius 2 is 0.875 bits per heavy atom. The van der Waals surface area contributed by atoms with Gasteiger partial charge < -0.3 is 4.42 Å². The monoisotopic (exact) mass is 712 g/mol. The summed E-state index contributed by atoms with van der Waals surface area (Å²) in [5, 5.41) is 12.5. The zero-order valence-electron chi connectivity index (χ0n) is 31.2. The highest BCUT2D eigenvalue weighted by Gasteiger charge is 2.36. The van der Waals surface area contributed by atoms with Crippen LogP contribution < -0.4 is 0 Å². The molecule has 0 atom stereocenters.